The molecule has 1 fully saturated rings. The Balaban J connectivity index is 1.28. The van der Waals surface area contributed by atoms with Crippen molar-refractivity contribution in [3.63, 3.8) is 0 Å². The van der Waals surface area contributed by atoms with E-state index in [1.54, 1.807) is 17.1 Å². The lowest BCUT2D eigenvalue weighted by molar-refractivity contribution is -0.0678. The lowest BCUT2D eigenvalue weighted by Crippen LogP contribution is -2.48. The predicted molar refractivity (Wildman–Crippen MR) is 152 cm³/mol. The molecule has 12 heteroatoms. The first-order valence-corrected chi connectivity index (χ1v) is 14.2. The van der Waals surface area contributed by atoms with Crippen LogP contribution in [0.15, 0.2) is 42.9 Å². The van der Waals surface area contributed by atoms with E-state index < -0.39 is 0 Å². The molecule has 0 spiro atoms. The fraction of sp³-hybridized carbons (Fsp3) is 0.429. The Bertz CT molecular complexity index is 1520. The third-order valence-electron chi connectivity index (χ3n) is 7.21. The maximum absolute atomic E-state index is 13.3. The zero-order valence-corrected chi connectivity index (χ0v) is 23.9. The summed E-state index contributed by atoms with van der Waals surface area (Å²) < 4.78 is 7.22. The summed E-state index contributed by atoms with van der Waals surface area (Å²) in [6.07, 6.45) is 6.16. The largest absolute Gasteiger partial charge is 0.378 e. The van der Waals surface area contributed by atoms with Gasteiger partial charge in [0.05, 0.1) is 42.9 Å². The van der Waals surface area contributed by atoms with Crippen molar-refractivity contribution in [2.75, 3.05) is 25.1 Å². The molecule has 1 aromatic carbocycles. The van der Waals surface area contributed by atoms with E-state index >= 15 is 0 Å². The summed E-state index contributed by atoms with van der Waals surface area (Å²) in [5.74, 6) is 0.320. The number of hydrogen-bond acceptors (Lipinski definition) is 10. The molecule has 4 aromatic rings. The van der Waals surface area contributed by atoms with E-state index in [0.29, 0.717) is 17.0 Å². The third kappa shape index (κ3) is 5.60. The van der Waals surface area contributed by atoms with Crippen molar-refractivity contribution in [3.8, 4) is 11.3 Å². The Morgan fingerprint density at radius 3 is 2.73 bits per heavy atom. The molecule has 208 valence electrons. The van der Waals surface area contributed by atoms with Crippen LogP contribution >= 0.6 is 11.3 Å². The van der Waals surface area contributed by atoms with E-state index in [0.717, 1.165) is 60.2 Å². The van der Waals surface area contributed by atoms with E-state index in [-0.39, 0.29) is 17.4 Å². The average Bonchev–Trinajstić information content (AvgIpc) is 3.51. The number of nitrogens with one attached hydrogen (secondary N) is 2. The minimum absolute atomic E-state index is 0.141. The molecule has 2 N–H and O–H groups in total. The highest BCUT2D eigenvalue weighted by atomic mass is 32.1. The number of amides is 1. The number of nitrogens with zero attached hydrogens (tertiary/aromatic N) is 7. The maximum atomic E-state index is 13.3. The van der Waals surface area contributed by atoms with Gasteiger partial charge in [-0.05, 0) is 29.7 Å². The van der Waals surface area contributed by atoms with Gasteiger partial charge in [-0.25, -0.2) is 9.97 Å². The molecular formula is C28H33N9O2S. The molecule has 1 amide bonds. The number of rotatable bonds is 6. The number of carbonyl (C=O) groups is 1. The number of benzene rings is 1. The van der Waals surface area contributed by atoms with Crippen LogP contribution in [-0.4, -0.2) is 66.6 Å². The van der Waals surface area contributed by atoms with Gasteiger partial charge in [0.25, 0.3) is 5.91 Å². The van der Waals surface area contributed by atoms with Crippen molar-refractivity contribution in [2.45, 2.75) is 51.2 Å². The van der Waals surface area contributed by atoms with Crippen molar-refractivity contribution in [2.24, 2.45) is 7.05 Å². The molecule has 6 rings (SSSR count). The van der Waals surface area contributed by atoms with Gasteiger partial charge in [0.15, 0.2) is 0 Å². The molecule has 40 heavy (non-hydrogen) atoms. The van der Waals surface area contributed by atoms with Gasteiger partial charge in [0, 0.05) is 43.5 Å². The van der Waals surface area contributed by atoms with Gasteiger partial charge in [-0.15, -0.1) is 10.2 Å². The summed E-state index contributed by atoms with van der Waals surface area (Å²) >= 11 is 1.36. The number of fused-ring (bicyclic) bond motifs is 1. The van der Waals surface area contributed by atoms with Crippen LogP contribution in [-0.2, 0) is 23.7 Å². The number of anilines is 2. The standard InChI is InChI=1S/C28H33N9O2S/c1-28(2,3)26-35-34-25(40-26)24(38)32-23-8-10-37(20-15-39-16-20)13-18-11-17(5-6-21(18)23)22-7-9-29-27(33-22)31-19-12-30-36(4)14-19/h5-7,9,11-12,14,20,23H,8,10,13,15-16H2,1-4H3,(H,32,38)(H,29,31,33)/t23-/m1/s1. The average molecular weight is 560 g/mol. The zero-order chi connectivity index (χ0) is 27.9. The van der Waals surface area contributed by atoms with E-state index in [1.807, 2.05) is 19.3 Å². The summed E-state index contributed by atoms with van der Waals surface area (Å²) in [6.45, 7) is 9.33. The predicted octanol–water partition coefficient (Wildman–Crippen LogP) is 3.85. The first kappa shape index (κ1) is 26.5. The SMILES string of the molecule is Cn1cc(Nc2nccc(-c3ccc4c(c3)CN(C3COC3)CC[C@H]4NC(=O)c3nnc(C(C)(C)C)s3)n2)cn1. The van der Waals surface area contributed by atoms with Gasteiger partial charge < -0.3 is 15.4 Å². The van der Waals surface area contributed by atoms with E-state index in [9.17, 15) is 4.79 Å². The molecular weight excluding hydrogens is 526 g/mol. The fourth-order valence-electron chi connectivity index (χ4n) is 4.92. The molecule has 0 saturated carbocycles. The number of aryl methyl sites for hydroxylation is 1. The summed E-state index contributed by atoms with van der Waals surface area (Å²) in [6, 6.07) is 8.53. The highest BCUT2D eigenvalue weighted by molar-refractivity contribution is 7.13. The summed E-state index contributed by atoms with van der Waals surface area (Å²) in [5.41, 5.74) is 4.76. The Morgan fingerprint density at radius 2 is 2.02 bits per heavy atom. The molecule has 3 aromatic heterocycles. The molecule has 5 heterocycles. The minimum Gasteiger partial charge on any atom is -0.378 e. The number of aromatic nitrogens is 6. The van der Waals surface area contributed by atoms with Gasteiger partial charge in [0.1, 0.15) is 5.01 Å². The smallest absolute Gasteiger partial charge is 0.282 e. The molecule has 0 unspecified atom stereocenters. The molecule has 0 aliphatic carbocycles. The van der Waals surface area contributed by atoms with Gasteiger partial charge >= 0.3 is 0 Å². The lowest BCUT2D eigenvalue weighted by atomic mass is 9.96. The van der Waals surface area contributed by atoms with Crippen LogP contribution in [0.25, 0.3) is 11.3 Å². The third-order valence-corrected chi connectivity index (χ3v) is 8.56. The second kappa shape index (κ2) is 10.7. The van der Waals surface area contributed by atoms with Crippen LogP contribution in [0.2, 0.25) is 0 Å². The molecule has 0 radical (unpaired) electrons. The van der Waals surface area contributed by atoms with Gasteiger partial charge in [-0.2, -0.15) is 5.10 Å². The van der Waals surface area contributed by atoms with Crippen molar-refractivity contribution in [1.82, 2.24) is 40.2 Å². The fourth-order valence-corrected chi connectivity index (χ4v) is 5.72. The van der Waals surface area contributed by atoms with E-state index in [2.05, 4.69) is 74.8 Å². The first-order chi connectivity index (χ1) is 19.2. The van der Waals surface area contributed by atoms with Crippen LogP contribution in [0, 0.1) is 0 Å². The summed E-state index contributed by atoms with van der Waals surface area (Å²) in [4.78, 5) is 24.9. The molecule has 2 aliphatic rings. The quantitative estimate of drug-likeness (QED) is 0.363. The Kier molecular flexibility index (Phi) is 7.07. The van der Waals surface area contributed by atoms with Crippen LogP contribution in [0.1, 0.15) is 59.2 Å². The van der Waals surface area contributed by atoms with Crippen molar-refractivity contribution >= 4 is 28.9 Å². The zero-order valence-electron chi connectivity index (χ0n) is 23.1. The number of hydrogen-bond donors (Lipinski definition) is 2. The maximum Gasteiger partial charge on any atom is 0.282 e. The van der Waals surface area contributed by atoms with Crippen molar-refractivity contribution < 1.29 is 9.53 Å². The highest BCUT2D eigenvalue weighted by Crippen LogP contribution is 2.33. The van der Waals surface area contributed by atoms with Crippen molar-refractivity contribution in [3.05, 3.63) is 64.0 Å². The number of carbonyl (C=O) groups excluding carboxylic acids is 1. The van der Waals surface area contributed by atoms with Crippen LogP contribution in [0.5, 0.6) is 0 Å². The topological polar surface area (TPSA) is 123 Å². The minimum atomic E-state index is -0.185. The second-order valence-electron chi connectivity index (χ2n) is 11.3. The normalized spacial score (nSPS) is 18.1. The molecule has 0 bridgehead atoms. The van der Waals surface area contributed by atoms with Gasteiger partial charge in [0.2, 0.25) is 11.0 Å². The van der Waals surface area contributed by atoms with Crippen LogP contribution in [0.3, 0.4) is 0 Å². The molecule has 1 atom stereocenters. The monoisotopic (exact) mass is 559 g/mol. The molecule has 1 saturated heterocycles. The van der Waals surface area contributed by atoms with E-state index in [1.165, 1.54) is 16.9 Å². The van der Waals surface area contributed by atoms with Gasteiger partial charge in [-0.3, -0.25) is 14.4 Å². The highest BCUT2D eigenvalue weighted by Gasteiger charge is 2.32. The Labute approximate surface area is 237 Å². The van der Waals surface area contributed by atoms with Gasteiger partial charge in [-0.1, -0.05) is 44.2 Å². The summed E-state index contributed by atoms with van der Waals surface area (Å²) in [5, 5.41) is 20.4. The lowest BCUT2D eigenvalue weighted by Gasteiger charge is -2.36. The molecule has 11 nitrogen and oxygen atoms in total. The van der Waals surface area contributed by atoms with Crippen LogP contribution in [0.4, 0.5) is 11.6 Å². The second-order valence-corrected chi connectivity index (χ2v) is 12.3. The molecule has 2 aliphatic heterocycles. The van der Waals surface area contributed by atoms with Crippen molar-refractivity contribution in [1.29, 1.82) is 0 Å². The van der Waals surface area contributed by atoms with E-state index in [4.69, 9.17) is 9.72 Å². The summed E-state index contributed by atoms with van der Waals surface area (Å²) in [7, 11) is 1.86. The Hall–Kier alpha value is -3.74. The first-order valence-electron chi connectivity index (χ1n) is 13.4. The van der Waals surface area contributed by atoms with Crippen LogP contribution < -0.4 is 10.6 Å². The number of ether oxygens (including phenoxy) is 1. The Morgan fingerprint density at radius 1 is 1.18 bits per heavy atom.